The standard InChI is InChI=1S/C22H25N3O4/c26-19(14-25-21(28)17-8-4-5-9-18(17)22(25)29)24-12-10-15(11-13-24)20(27)23-16-6-2-1-3-7-16/h1-7,15,17-18H,8-14H2,(H,23,27). The van der Waals surface area contributed by atoms with Gasteiger partial charge in [0.15, 0.2) is 0 Å². The number of para-hydroxylation sites is 1. The summed E-state index contributed by atoms with van der Waals surface area (Å²) in [5.41, 5.74) is 0.762. The van der Waals surface area contributed by atoms with Gasteiger partial charge >= 0.3 is 0 Å². The molecule has 152 valence electrons. The summed E-state index contributed by atoms with van der Waals surface area (Å²) in [5, 5.41) is 2.91. The van der Waals surface area contributed by atoms with Crippen molar-refractivity contribution in [2.24, 2.45) is 17.8 Å². The van der Waals surface area contributed by atoms with Gasteiger partial charge in [0.2, 0.25) is 23.6 Å². The summed E-state index contributed by atoms with van der Waals surface area (Å²) in [7, 11) is 0. The van der Waals surface area contributed by atoms with Gasteiger partial charge in [-0.2, -0.15) is 0 Å². The number of nitrogens with one attached hydrogen (secondary N) is 1. The summed E-state index contributed by atoms with van der Waals surface area (Å²) in [6.07, 6.45) is 6.15. The third kappa shape index (κ3) is 3.95. The number of allylic oxidation sites excluding steroid dienone is 2. The zero-order chi connectivity index (χ0) is 20.4. The molecule has 2 fully saturated rings. The van der Waals surface area contributed by atoms with E-state index in [1.807, 2.05) is 42.5 Å². The fourth-order valence-corrected chi connectivity index (χ4v) is 4.42. The van der Waals surface area contributed by atoms with Crippen LogP contribution in [0.2, 0.25) is 0 Å². The molecule has 7 heteroatoms. The lowest BCUT2D eigenvalue weighted by Gasteiger charge is -2.32. The van der Waals surface area contributed by atoms with E-state index < -0.39 is 0 Å². The van der Waals surface area contributed by atoms with Crippen LogP contribution in [0.1, 0.15) is 25.7 Å². The number of hydrogen-bond acceptors (Lipinski definition) is 4. The number of likely N-dealkylation sites (tertiary alicyclic amines) is 2. The van der Waals surface area contributed by atoms with Gasteiger partial charge in [0, 0.05) is 24.7 Å². The normalized spacial score (nSPS) is 24.6. The highest BCUT2D eigenvalue weighted by molar-refractivity contribution is 6.07. The highest BCUT2D eigenvalue weighted by Gasteiger charge is 2.48. The van der Waals surface area contributed by atoms with Gasteiger partial charge < -0.3 is 10.2 Å². The van der Waals surface area contributed by atoms with E-state index in [4.69, 9.17) is 0 Å². The highest BCUT2D eigenvalue weighted by Crippen LogP contribution is 2.35. The van der Waals surface area contributed by atoms with Crippen LogP contribution >= 0.6 is 0 Å². The minimum atomic E-state index is -0.312. The predicted octanol–water partition coefficient (Wildman–Crippen LogP) is 1.81. The second-order valence-corrected chi connectivity index (χ2v) is 7.93. The highest BCUT2D eigenvalue weighted by atomic mass is 16.2. The molecule has 1 aliphatic carbocycles. The van der Waals surface area contributed by atoms with Crippen LogP contribution in [0.25, 0.3) is 0 Å². The number of benzene rings is 1. The summed E-state index contributed by atoms with van der Waals surface area (Å²) in [6, 6.07) is 9.30. The second-order valence-electron chi connectivity index (χ2n) is 7.93. The molecule has 2 unspecified atom stereocenters. The number of rotatable bonds is 4. The molecule has 2 heterocycles. The van der Waals surface area contributed by atoms with E-state index in [0.717, 1.165) is 10.6 Å². The van der Waals surface area contributed by atoms with Gasteiger partial charge in [-0.15, -0.1) is 0 Å². The lowest BCUT2D eigenvalue weighted by molar-refractivity contribution is -0.147. The molecule has 4 rings (SSSR count). The van der Waals surface area contributed by atoms with Crippen LogP contribution in [0, 0.1) is 17.8 Å². The Morgan fingerprint density at radius 2 is 1.52 bits per heavy atom. The first-order valence-electron chi connectivity index (χ1n) is 10.2. The van der Waals surface area contributed by atoms with Crippen LogP contribution in [-0.4, -0.2) is 53.1 Å². The topological polar surface area (TPSA) is 86.8 Å². The van der Waals surface area contributed by atoms with Crippen molar-refractivity contribution in [3.8, 4) is 0 Å². The molecule has 0 bridgehead atoms. The van der Waals surface area contributed by atoms with E-state index in [9.17, 15) is 19.2 Å². The molecule has 2 atom stereocenters. The summed E-state index contributed by atoms with van der Waals surface area (Å²) in [6.45, 7) is 0.720. The number of piperidine rings is 1. The summed E-state index contributed by atoms with van der Waals surface area (Å²) in [4.78, 5) is 53.0. The summed E-state index contributed by atoms with van der Waals surface area (Å²) < 4.78 is 0. The number of carbonyl (C=O) groups excluding carboxylic acids is 4. The van der Waals surface area contributed by atoms with Gasteiger partial charge in [0.1, 0.15) is 6.54 Å². The minimum Gasteiger partial charge on any atom is -0.341 e. The molecular formula is C22H25N3O4. The lowest BCUT2D eigenvalue weighted by Crippen LogP contribution is -2.47. The first kappa shape index (κ1) is 19.4. The number of amides is 4. The van der Waals surface area contributed by atoms with Gasteiger partial charge in [-0.1, -0.05) is 30.4 Å². The van der Waals surface area contributed by atoms with E-state index in [2.05, 4.69) is 5.32 Å². The van der Waals surface area contributed by atoms with Gasteiger partial charge in [-0.25, -0.2) is 0 Å². The molecule has 1 aromatic rings. The Labute approximate surface area is 169 Å². The predicted molar refractivity (Wildman–Crippen MR) is 106 cm³/mol. The molecule has 1 aromatic carbocycles. The van der Waals surface area contributed by atoms with Crippen LogP contribution in [0.4, 0.5) is 5.69 Å². The fraction of sp³-hybridized carbons (Fsp3) is 0.455. The van der Waals surface area contributed by atoms with Crippen LogP contribution in [0.5, 0.6) is 0 Å². The maximum Gasteiger partial charge on any atom is 0.242 e. The van der Waals surface area contributed by atoms with Crippen LogP contribution < -0.4 is 5.32 Å². The van der Waals surface area contributed by atoms with Crippen LogP contribution in [-0.2, 0) is 19.2 Å². The largest absolute Gasteiger partial charge is 0.341 e. The molecule has 0 saturated carbocycles. The Kier molecular flexibility index (Phi) is 5.47. The number of imide groups is 1. The molecule has 1 N–H and O–H groups in total. The Balaban J connectivity index is 1.29. The van der Waals surface area contributed by atoms with Crippen molar-refractivity contribution in [3.05, 3.63) is 42.5 Å². The lowest BCUT2D eigenvalue weighted by atomic mass is 9.85. The Bertz CT molecular complexity index is 817. The zero-order valence-electron chi connectivity index (χ0n) is 16.3. The molecule has 0 aromatic heterocycles. The quantitative estimate of drug-likeness (QED) is 0.622. The molecule has 29 heavy (non-hydrogen) atoms. The van der Waals surface area contributed by atoms with Crippen molar-refractivity contribution in [1.82, 2.24) is 9.80 Å². The first-order valence-corrected chi connectivity index (χ1v) is 10.2. The van der Waals surface area contributed by atoms with E-state index in [0.29, 0.717) is 38.8 Å². The maximum atomic E-state index is 12.7. The number of hydrogen-bond donors (Lipinski definition) is 1. The van der Waals surface area contributed by atoms with E-state index in [1.54, 1.807) is 4.90 Å². The van der Waals surface area contributed by atoms with Gasteiger partial charge in [-0.05, 0) is 37.8 Å². The summed E-state index contributed by atoms with van der Waals surface area (Å²) in [5.74, 6) is -1.49. The molecule has 7 nitrogen and oxygen atoms in total. The van der Waals surface area contributed by atoms with Crippen molar-refractivity contribution in [2.45, 2.75) is 25.7 Å². The number of carbonyl (C=O) groups is 4. The third-order valence-corrected chi connectivity index (χ3v) is 6.15. The molecular weight excluding hydrogens is 370 g/mol. The molecule has 0 radical (unpaired) electrons. The third-order valence-electron chi connectivity index (χ3n) is 6.15. The van der Waals surface area contributed by atoms with E-state index >= 15 is 0 Å². The summed E-state index contributed by atoms with van der Waals surface area (Å²) >= 11 is 0. The van der Waals surface area contributed by atoms with Crippen LogP contribution in [0.15, 0.2) is 42.5 Å². The monoisotopic (exact) mass is 395 g/mol. The Morgan fingerprint density at radius 3 is 2.10 bits per heavy atom. The van der Waals surface area contributed by atoms with Crippen LogP contribution in [0.3, 0.4) is 0 Å². The SMILES string of the molecule is O=C(Nc1ccccc1)C1CCN(C(=O)CN2C(=O)C3CC=CCC3C2=O)CC1. The van der Waals surface area contributed by atoms with Crippen molar-refractivity contribution in [2.75, 3.05) is 25.0 Å². The van der Waals surface area contributed by atoms with Gasteiger partial charge in [0.25, 0.3) is 0 Å². The smallest absolute Gasteiger partial charge is 0.242 e. The van der Waals surface area contributed by atoms with Crippen molar-refractivity contribution in [1.29, 1.82) is 0 Å². The molecule has 3 aliphatic rings. The van der Waals surface area contributed by atoms with Crippen molar-refractivity contribution < 1.29 is 19.2 Å². The molecule has 2 saturated heterocycles. The maximum absolute atomic E-state index is 12.7. The minimum absolute atomic E-state index is 0.0372. The number of fused-ring (bicyclic) bond motifs is 1. The van der Waals surface area contributed by atoms with Gasteiger partial charge in [-0.3, -0.25) is 24.1 Å². The van der Waals surface area contributed by atoms with Gasteiger partial charge in [0.05, 0.1) is 11.8 Å². The molecule has 0 spiro atoms. The Morgan fingerprint density at radius 1 is 0.931 bits per heavy atom. The van der Waals surface area contributed by atoms with E-state index in [-0.39, 0.29) is 47.9 Å². The zero-order valence-corrected chi connectivity index (χ0v) is 16.3. The first-order chi connectivity index (χ1) is 14.0. The second kappa shape index (κ2) is 8.19. The molecule has 2 aliphatic heterocycles. The molecule has 4 amide bonds. The Hall–Kier alpha value is -2.96. The van der Waals surface area contributed by atoms with Crippen molar-refractivity contribution >= 4 is 29.3 Å². The van der Waals surface area contributed by atoms with E-state index in [1.165, 1.54) is 0 Å². The number of anilines is 1. The van der Waals surface area contributed by atoms with Crippen molar-refractivity contribution in [3.63, 3.8) is 0 Å². The average Bonchev–Trinajstić information content (AvgIpc) is 2.99. The number of nitrogens with zero attached hydrogens (tertiary/aromatic N) is 2. The average molecular weight is 395 g/mol. The fourth-order valence-electron chi connectivity index (χ4n) is 4.42.